The number of allylic oxidation sites excluding steroid dienone is 1. The van der Waals surface area contributed by atoms with Gasteiger partial charge in [-0.3, -0.25) is 0 Å². The van der Waals surface area contributed by atoms with Gasteiger partial charge in [-0.25, -0.2) is 13.2 Å². The Hall–Kier alpha value is -1.62. The van der Waals surface area contributed by atoms with E-state index < -0.39 is 15.8 Å². The number of carbonyl (C=O) groups is 1. The smallest absolute Gasteiger partial charge is 0.338 e. The number of hydrogen-bond acceptors (Lipinski definition) is 4. The standard InChI is InChI=1S/C14H16O4S/c1-4-10-7-11-9(2)5-6-19(16,17)13(11)8-12(10)14(15)18-3/h5,7-8H,4,6H2,1-3H3. The highest BCUT2D eigenvalue weighted by molar-refractivity contribution is 7.91. The van der Waals surface area contributed by atoms with Crippen LogP contribution in [-0.2, 0) is 21.0 Å². The van der Waals surface area contributed by atoms with E-state index in [1.54, 1.807) is 12.1 Å². The highest BCUT2D eigenvalue weighted by atomic mass is 32.2. The van der Waals surface area contributed by atoms with E-state index in [0.29, 0.717) is 17.5 Å². The van der Waals surface area contributed by atoms with Gasteiger partial charge >= 0.3 is 5.97 Å². The van der Waals surface area contributed by atoms with Crippen LogP contribution in [0, 0.1) is 0 Å². The van der Waals surface area contributed by atoms with Crippen molar-refractivity contribution in [1.29, 1.82) is 0 Å². The van der Waals surface area contributed by atoms with Crippen LogP contribution in [0.1, 0.15) is 35.3 Å². The Labute approximate surface area is 113 Å². The van der Waals surface area contributed by atoms with Crippen LogP contribution in [0.2, 0.25) is 0 Å². The van der Waals surface area contributed by atoms with Gasteiger partial charge in [-0.15, -0.1) is 0 Å². The maximum absolute atomic E-state index is 12.1. The number of carbonyl (C=O) groups excluding carboxylic acids is 1. The van der Waals surface area contributed by atoms with Crippen LogP contribution in [0.3, 0.4) is 0 Å². The normalized spacial score (nSPS) is 16.5. The zero-order valence-electron chi connectivity index (χ0n) is 11.2. The third-order valence-corrected chi connectivity index (χ3v) is 4.97. The molecule has 2 rings (SSSR count). The van der Waals surface area contributed by atoms with Crippen LogP contribution in [0.4, 0.5) is 0 Å². The van der Waals surface area contributed by atoms with Crippen LogP contribution in [0.15, 0.2) is 23.1 Å². The van der Waals surface area contributed by atoms with Gasteiger partial charge in [0.15, 0.2) is 9.84 Å². The summed E-state index contributed by atoms with van der Waals surface area (Å²) in [5.74, 6) is -0.514. The Morgan fingerprint density at radius 2 is 2.05 bits per heavy atom. The number of esters is 1. The van der Waals surface area contributed by atoms with E-state index in [2.05, 4.69) is 0 Å². The molecule has 0 N–H and O–H groups in total. The van der Waals surface area contributed by atoms with Crippen molar-refractivity contribution < 1.29 is 17.9 Å². The zero-order valence-corrected chi connectivity index (χ0v) is 12.0. The van der Waals surface area contributed by atoms with E-state index in [1.807, 2.05) is 13.8 Å². The van der Waals surface area contributed by atoms with E-state index in [0.717, 1.165) is 11.1 Å². The molecule has 19 heavy (non-hydrogen) atoms. The fraction of sp³-hybridized carbons (Fsp3) is 0.357. The third-order valence-electron chi connectivity index (χ3n) is 3.36. The Morgan fingerprint density at radius 1 is 1.37 bits per heavy atom. The molecule has 0 radical (unpaired) electrons. The molecule has 0 atom stereocenters. The van der Waals surface area contributed by atoms with Gasteiger partial charge in [-0.05, 0) is 42.2 Å². The molecule has 1 aliphatic rings. The largest absolute Gasteiger partial charge is 0.465 e. The van der Waals surface area contributed by atoms with E-state index in [4.69, 9.17) is 4.74 Å². The van der Waals surface area contributed by atoms with Crippen molar-refractivity contribution in [2.24, 2.45) is 0 Å². The summed E-state index contributed by atoms with van der Waals surface area (Å²) >= 11 is 0. The Bertz CT molecular complexity index is 669. The lowest BCUT2D eigenvalue weighted by Gasteiger charge is -2.18. The summed E-state index contributed by atoms with van der Waals surface area (Å²) in [5, 5.41) is 0. The van der Waals surface area contributed by atoms with Crippen LogP contribution >= 0.6 is 0 Å². The van der Waals surface area contributed by atoms with Crippen molar-refractivity contribution in [3.05, 3.63) is 34.9 Å². The number of sulfone groups is 1. The van der Waals surface area contributed by atoms with Crippen LogP contribution in [-0.4, -0.2) is 27.2 Å². The Morgan fingerprint density at radius 3 is 2.63 bits per heavy atom. The van der Waals surface area contributed by atoms with Crippen LogP contribution in [0.25, 0.3) is 5.57 Å². The number of methoxy groups -OCH3 is 1. The molecule has 0 saturated heterocycles. The molecule has 0 aliphatic carbocycles. The molecule has 1 aliphatic heterocycles. The number of fused-ring (bicyclic) bond motifs is 1. The third kappa shape index (κ3) is 2.30. The predicted molar refractivity (Wildman–Crippen MR) is 72.9 cm³/mol. The summed E-state index contributed by atoms with van der Waals surface area (Å²) in [5.41, 5.74) is 2.75. The zero-order chi connectivity index (χ0) is 14.2. The van der Waals surface area contributed by atoms with Gasteiger partial charge in [-0.1, -0.05) is 13.0 Å². The minimum Gasteiger partial charge on any atom is -0.465 e. The number of aryl methyl sites for hydroxylation is 1. The van der Waals surface area contributed by atoms with Crippen molar-refractivity contribution >= 4 is 21.4 Å². The van der Waals surface area contributed by atoms with E-state index in [-0.39, 0.29) is 10.6 Å². The first-order chi connectivity index (χ1) is 8.90. The van der Waals surface area contributed by atoms with Crippen molar-refractivity contribution in [1.82, 2.24) is 0 Å². The van der Waals surface area contributed by atoms with E-state index >= 15 is 0 Å². The van der Waals surface area contributed by atoms with Gasteiger partial charge in [0.05, 0.1) is 23.3 Å². The fourth-order valence-electron chi connectivity index (χ4n) is 2.22. The molecule has 102 valence electrons. The van der Waals surface area contributed by atoms with E-state index in [9.17, 15) is 13.2 Å². The lowest BCUT2D eigenvalue weighted by molar-refractivity contribution is 0.0599. The molecule has 0 fully saturated rings. The van der Waals surface area contributed by atoms with Gasteiger partial charge in [0.1, 0.15) is 0 Å². The maximum Gasteiger partial charge on any atom is 0.338 e. The average molecular weight is 280 g/mol. The first-order valence-electron chi connectivity index (χ1n) is 6.05. The van der Waals surface area contributed by atoms with Gasteiger partial charge in [0.25, 0.3) is 0 Å². The average Bonchev–Trinajstić information content (AvgIpc) is 2.41. The molecule has 4 nitrogen and oxygen atoms in total. The minimum atomic E-state index is -3.35. The van der Waals surface area contributed by atoms with Crippen LogP contribution < -0.4 is 0 Å². The summed E-state index contributed by atoms with van der Waals surface area (Å²) in [6.45, 7) is 3.80. The molecular formula is C14H16O4S. The van der Waals surface area contributed by atoms with Gasteiger partial charge in [0, 0.05) is 0 Å². The topological polar surface area (TPSA) is 60.4 Å². The Balaban J connectivity index is 2.77. The molecule has 1 aromatic rings. The monoisotopic (exact) mass is 280 g/mol. The molecule has 1 heterocycles. The summed E-state index contributed by atoms with van der Waals surface area (Å²) in [6, 6.07) is 3.23. The lowest BCUT2D eigenvalue weighted by Crippen LogP contribution is -2.15. The lowest BCUT2D eigenvalue weighted by atomic mass is 9.98. The fourth-order valence-corrected chi connectivity index (χ4v) is 3.72. The highest BCUT2D eigenvalue weighted by Gasteiger charge is 2.26. The van der Waals surface area contributed by atoms with Crippen LogP contribution in [0.5, 0.6) is 0 Å². The first-order valence-corrected chi connectivity index (χ1v) is 7.71. The molecule has 0 unspecified atom stereocenters. The quantitative estimate of drug-likeness (QED) is 0.779. The molecule has 0 aromatic heterocycles. The second-order valence-corrected chi connectivity index (χ2v) is 6.52. The van der Waals surface area contributed by atoms with E-state index in [1.165, 1.54) is 13.2 Å². The molecule has 1 aromatic carbocycles. The first kappa shape index (κ1) is 13.8. The number of benzene rings is 1. The maximum atomic E-state index is 12.1. The van der Waals surface area contributed by atoms with Gasteiger partial charge < -0.3 is 4.74 Å². The summed E-state index contributed by atoms with van der Waals surface area (Å²) in [4.78, 5) is 12.0. The molecule has 0 amide bonds. The minimum absolute atomic E-state index is 0.0160. The molecule has 0 spiro atoms. The van der Waals surface area contributed by atoms with Crippen molar-refractivity contribution in [2.75, 3.05) is 12.9 Å². The van der Waals surface area contributed by atoms with Crippen molar-refractivity contribution in [2.45, 2.75) is 25.2 Å². The molecule has 0 saturated carbocycles. The number of hydrogen-bond donors (Lipinski definition) is 0. The summed E-state index contributed by atoms with van der Waals surface area (Å²) < 4.78 is 28.9. The predicted octanol–water partition coefficient (Wildman–Crippen LogP) is 2.23. The molecular weight excluding hydrogens is 264 g/mol. The molecule has 0 bridgehead atoms. The second-order valence-electron chi connectivity index (χ2n) is 4.52. The molecule has 5 heteroatoms. The van der Waals surface area contributed by atoms with Crippen molar-refractivity contribution in [3.63, 3.8) is 0 Å². The summed E-state index contributed by atoms with van der Waals surface area (Å²) in [7, 11) is -2.06. The van der Waals surface area contributed by atoms with Crippen molar-refractivity contribution in [3.8, 4) is 0 Å². The number of ether oxygens (including phenoxy) is 1. The Kier molecular flexibility index (Phi) is 3.49. The second kappa shape index (κ2) is 4.81. The summed E-state index contributed by atoms with van der Waals surface area (Å²) in [6.07, 6.45) is 2.35. The SMILES string of the molecule is CCc1cc2c(cc1C(=O)OC)S(=O)(=O)CC=C2C. The number of rotatable bonds is 2. The highest BCUT2D eigenvalue weighted by Crippen LogP contribution is 2.32. The van der Waals surface area contributed by atoms with Gasteiger partial charge in [0.2, 0.25) is 0 Å². The van der Waals surface area contributed by atoms with Gasteiger partial charge in [-0.2, -0.15) is 0 Å².